The van der Waals surface area contributed by atoms with Gasteiger partial charge < -0.3 is 10.6 Å². The number of fused-ring (bicyclic) bond motifs is 1. The van der Waals surface area contributed by atoms with Gasteiger partial charge in [0.2, 0.25) is 5.91 Å². The molecule has 12 nitrogen and oxygen atoms in total. The quantitative estimate of drug-likeness (QED) is 0.186. The Morgan fingerprint density at radius 2 is 1.63 bits per heavy atom. The number of carbonyl (C=O) groups excluding carboxylic acids is 2. The van der Waals surface area contributed by atoms with Crippen LogP contribution in [0.5, 0.6) is 0 Å². The molecule has 49 heavy (non-hydrogen) atoms. The van der Waals surface area contributed by atoms with Crippen molar-refractivity contribution in [1.29, 1.82) is 0 Å². The van der Waals surface area contributed by atoms with E-state index in [0.29, 0.717) is 0 Å². The lowest BCUT2D eigenvalue weighted by molar-refractivity contribution is -0.384. The number of hydrazine groups is 1. The number of sulfonamides is 1. The average Bonchev–Trinajstić information content (AvgIpc) is 3.59. The number of rotatable bonds is 9. The van der Waals surface area contributed by atoms with Crippen LogP contribution in [0.4, 0.5) is 32.0 Å². The molecule has 0 bridgehead atoms. The normalized spacial score (nSPS) is 17.7. The summed E-state index contributed by atoms with van der Waals surface area (Å²) in [6.45, 7) is 1.15. The van der Waals surface area contributed by atoms with E-state index in [9.17, 15) is 54.5 Å². The molecule has 2 aliphatic heterocycles. The topological polar surface area (TPSA) is 159 Å². The fourth-order valence-electron chi connectivity index (χ4n) is 5.78. The number of nitrogens with one attached hydrogen (secondary N) is 1. The van der Waals surface area contributed by atoms with Gasteiger partial charge in [-0.3, -0.25) is 24.7 Å². The highest BCUT2D eigenvalue weighted by Gasteiger charge is 2.59. The molecule has 2 unspecified atom stereocenters. The minimum Gasteiger partial charge on any atom is -0.366 e. The minimum atomic E-state index is -5.02. The zero-order valence-electron chi connectivity index (χ0n) is 25.2. The molecule has 19 heteroatoms. The van der Waals surface area contributed by atoms with Crippen molar-refractivity contribution in [2.45, 2.75) is 42.8 Å². The van der Waals surface area contributed by atoms with E-state index in [-0.39, 0.29) is 47.8 Å². The summed E-state index contributed by atoms with van der Waals surface area (Å²) in [7, 11) is -4.45. The first-order valence-electron chi connectivity index (χ1n) is 14.3. The van der Waals surface area contributed by atoms with Crippen LogP contribution in [0.2, 0.25) is 0 Å². The van der Waals surface area contributed by atoms with Crippen LogP contribution in [-0.2, 0) is 27.5 Å². The standard InChI is InChI=1S/C30H26F6N6O6S/c1-17(19-5-7-20(8-6-19)27(44)38-49(47,48)23-11-9-22(10-12-23)42(45)46)41-25(30(34,35)36)24(26(37)43)28-39(13-14-40(28)41)16-18-3-2-4-21(15-18)29(31,32)33/h2-12,15,17,25H,13-14,16H2,1H3,(H2,37,43)(H,38,44). The van der Waals surface area contributed by atoms with E-state index in [1.54, 1.807) is 0 Å². The molecule has 0 spiro atoms. The van der Waals surface area contributed by atoms with Crippen LogP contribution < -0.4 is 10.5 Å². The third-order valence-electron chi connectivity index (χ3n) is 8.02. The first-order valence-corrected chi connectivity index (χ1v) is 15.8. The van der Waals surface area contributed by atoms with Gasteiger partial charge in [-0.1, -0.05) is 24.3 Å². The van der Waals surface area contributed by atoms with Gasteiger partial charge in [0.15, 0.2) is 6.04 Å². The van der Waals surface area contributed by atoms with Gasteiger partial charge in [-0.05, 0) is 54.4 Å². The van der Waals surface area contributed by atoms with Gasteiger partial charge in [0.05, 0.1) is 33.5 Å². The second kappa shape index (κ2) is 12.7. The molecule has 0 aliphatic carbocycles. The Bertz CT molecular complexity index is 1930. The van der Waals surface area contributed by atoms with Crippen molar-refractivity contribution in [2.24, 2.45) is 5.73 Å². The molecule has 2 aliphatic rings. The molecule has 0 aromatic heterocycles. The summed E-state index contributed by atoms with van der Waals surface area (Å²) in [6.07, 6.45) is -9.67. The Hall–Kier alpha value is -5.17. The van der Waals surface area contributed by atoms with E-state index in [4.69, 9.17) is 5.73 Å². The van der Waals surface area contributed by atoms with Crippen molar-refractivity contribution in [3.05, 3.63) is 117 Å². The third-order valence-corrected chi connectivity index (χ3v) is 9.37. The van der Waals surface area contributed by atoms with Gasteiger partial charge in [-0.15, -0.1) is 0 Å². The molecule has 2 amide bonds. The number of benzene rings is 3. The summed E-state index contributed by atoms with van der Waals surface area (Å²) in [4.78, 5) is 36.4. The van der Waals surface area contributed by atoms with Crippen molar-refractivity contribution < 1.29 is 49.3 Å². The molecule has 260 valence electrons. The number of nitro groups is 1. The molecular weight excluding hydrogens is 686 g/mol. The van der Waals surface area contributed by atoms with Gasteiger partial charge in [0, 0.05) is 30.8 Å². The molecular formula is C30H26F6N6O6S. The van der Waals surface area contributed by atoms with Crippen LogP contribution in [0.1, 0.15) is 40.0 Å². The Balaban J connectivity index is 1.40. The molecule has 2 atom stereocenters. The second-order valence-corrected chi connectivity index (χ2v) is 12.8. The van der Waals surface area contributed by atoms with Crippen molar-refractivity contribution in [3.63, 3.8) is 0 Å². The summed E-state index contributed by atoms with van der Waals surface area (Å²) >= 11 is 0. The molecule has 2 heterocycles. The summed E-state index contributed by atoms with van der Waals surface area (Å²) in [6, 6.07) is 9.36. The Labute approximate surface area is 274 Å². The number of primary amides is 1. The third kappa shape index (κ3) is 7.02. The van der Waals surface area contributed by atoms with Gasteiger partial charge in [-0.2, -0.15) is 31.4 Å². The first-order chi connectivity index (χ1) is 22.8. The summed E-state index contributed by atoms with van der Waals surface area (Å²) < 4.78 is 111. The van der Waals surface area contributed by atoms with Gasteiger partial charge in [-0.25, -0.2) is 13.1 Å². The lowest BCUT2D eigenvalue weighted by Crippen LogP contribution is -2.51. The number of amides is 2. The molecule has 3 aromatic rings. The molecule has 3 N–H and O–H groups in total. The highest BCUT2D eigenvalue weighted by Crippen LogP contribution is 2.46. The monoisotopic (exact) mass is 712 g/mol. The van der Waals surface area contributed by atoms with E-state index in [2.05, 4.69) is 0 Å². The van der Waals surface area contributed by atoms with Gasteiger partial charge in [0.1, 0.15) is 5.82 Å². The number of alkyl halides is 6. The number of carbonyl (C=O) groups is 2. The summed E-state index contributed by atoms with van der Waals surface area (Å²) in [5, 5.41) is 13.0. The van der Waals surface area contributed by atoms with Crippen molar-refractivity contribution in [3.8, 4) is 0 Å². The lowest BCUT2D eigenvalue weighted by Gasteiger charge is -2.38. The maximum atomic E-state index is 14.7. The number of nitrogens with zero attached hydrogens (tertiary/aromatic N) is 4. The summed E-state index contributed by atoms with van der Waals surface area (Å²) in [5.41, 5.74) is 3.59. The fourth-order valence-corrected chi connectivity index (χ4v) is 6.76. The van der Waals surface area contributed by atoms with E-state index < -0.39 is 67.2 Å². The number of hydrogen-bond donors (Lipinski definition) is 2. The number of hydrogen-bond acceptors (Lipinski definition) is 9. The van der Waals surface area contributed by atoms with Gasteiger partial charge in [0.25, 0.3) is 21.6 Å². The summed E-state index contributed by atoms with van der Waals surface area (Å²) in [5.74, 6) is -2.64. The van der Waals surface area contributed by atoms with Crippen LogP contribution in [0.3, 0.4) is 0 Å². The Morgan fingerprint density at radius 1 is 1.00 bits per heavy atom. The number of nitro benzene ring substituents is 1. The van der Waals surface area contributed by atoms with Crippen LogP contribution in [0.25, 0.3) is 0 Å². The van der Waals surface area contributed by atoms with E-state index in [1.165, 1.54) is 53.2 Å². The predicted molar refractivity (Wildman–Crippen MR) is 159 cm³/mol. The minimum absolute atomic E-state index is 0.0541. The molecule has 3 aromatic carbocycles. The maximum Gasteiger partial charge on any atom is 0.416 e. The molecule has 0 saturated carbocycles. The molecule has 0 radical (unpaired) electrons. The van der Waals surface area contributed by atoms with E-state index >= 15 is 0 Å². The number of non-ortho nitro benzene ring substituents is 1. The fraction of sp³-hybridized carbons (Fsp3) is 0.267. The highest BCUT2D eigenvalue weighted by molar-refractivity contribution is 7.90. The van der Waals surface area contributed by atoms with Crippen LogP contribution in [-0.4, -0.2) is 65.4 Å². The van der Waals surface area contributed by atoms with Crippen molar-refractivity contribution >= 4 is 27.5 Å². The maximum absolute atomic E-state index is 14.7. The van der Waals surface area contributed by atoms with Crippen molar-refractivity contribution in [2.75, 3.05) is 13.1 Å². The van der Waals surface area contributed by atoms with Crippen LogP contribution in [0, 0.1) is 10.1 Å². The number of nitrogens with two attached hydrogens (primary N) is 1. The van der Waals surface area contributed by atoms with Crippen molar-refractivity contribution in [1.82, 2.24) is 19.6 Å². The van der Waals surface area contributed by atoms with Crippen LogP contribution in [0.15, 0.2) is 89.1 Å². The smallest absolute Gasteiger partial charge is 0.366 e. The lowest BCUT2D eigenvalue weighted by atomic mass is 10.0. The zero-order chi connectivity index (χ0) is 36.1. The SMILES string of the molecule is CC(c1ccc(C(=O)NS(=O)(=O)c2ccc([N+](=O)[O-])cc2)cc1)N1C(C(F)(F)F)C(C(N)=O)=C2N(Cc3cccc(C(F)(F)F)c3)CCN21. The zero-order valence-corrected chi connectivity index (χ0v) is 26.0. The predicted octanol–water partition coefficient (Wildman–Crippen LogP) is 4.47. The average molecular weight is 713 g/mol. The molecule has 5 rings (SSSR count). The second-order valence-electron chi connectivity index (χ2n) is 11.2. The van der Waals surface area contributed by atoms with Crippen LogP contribution >= 0.6 is 0 Å². The molecule has 1 fully saturated rings. The Morgan fingerprint density at radius 3 is 2.18 bits per heavy atom. The van der Waals surface area contributed by atoms with Gasteiger partial charge >= 0.3 is 12.4 Å². The largest absolute Gasteiger partial charge is 0.416 e. The van der Waals surface area contributed by atoms with E-state index in [0.717, 1.165) is 41.4 Å². The van der Waals surface area contributed by atoms with E-state index in [1.807, 2.05) is 4.72 Å². The highest BCUT2D eigenvalue weighted by atomic mass is 32.2. The Kier molecular flexibility index (Phi) is 9.11. The number of halogens is 6. The molecule has 1 saturated heterocycles. The first kappa shape index (κ1) is 35.1.